The van der Waals surface area contributed by atoms with Gasteiger partial charge in [-0.2, -0.15) is 0 Å². The van der Waals surface area contributed by atoms with E-state index < -0.39 is 5.97 Å². The second-order valence-electron chi connectivity index (χ2n) is 6.63. The van der Waals surface area contributed by atoms with E-state index in [1.807, 2.05) is 61.5 Å². The molecule has 0 bridgehead atoms. The zero-order valence-electron chi connectivity index (χ0n) is 17.4. The van der Waals surface area contributed by atoms with E-state index in [-0.39, 0.29) is 17.9 Å². The van der Waals surface area contributed by atoms with Crippen molar-refractivity contribution >= 4 is 40.2 Å². The van der Waals surface area contributed by atoms with Crippen LogP contribution >= 0.6 is 11.8 Å². The second-order valence-corrected chi connectivity index (χ2v) is 7.66. The van der Waals surface area contributed by atoms with Crippen LogP contribution in [0.2, 0.25) is 0 Å². The molecular formula is C23H24N2O4S. The van der Waals surface area contributed by atoms with Crippen LogP contribution in [0.25, 0.3) is 6.08 Å². The zero-order chi connectivity index (χ0) is 21.7. The van der Waals surface area contributed by atoms with Crippen LogP contribution in [-0.2, 0) is 9.53 Å². The maximum atomic E-state index is 12.5. The molecule has 156 valence electrons. The Morgan fingerprint density at radius 2 is 1.87 bits per heavy atom. The molecule has 0 aliphatic carbocycles. The maximum absolute atomic E-state index is 12.5. The molecule has 6 nitrogen and oxygen atoms in total. The van der Waals surface area contributed by atoms with Gasteiger partial charge in [0.1, 0.15) is 27.8 Å². The molecule has 0 radical (unpaired) electrons. The van der Waals surface area contributed by atoms with Gasteiger partial charge in [-0.1, -0.05) is 36.0 Å². The molecule has 1 N–H and O–H groups in total. The Morgan fingerprint density at radius 1 is 1.17 bits per heavy atom. The number of aliphatic imine (C=N–C) groups is 1. The van der Waals surface area contributed by atoms with E-state index in [2.05, 4.69) is 4.99 Å². The molecule has 3 rings (SSSR count). The number of anilines is 1. The number of hydrogen-bond donors (Lipinski definition) is 1. The molecule has 0 fully saturated rings. The summed E-state index contributed by atoms with van der Waals surface area (Å²) in [6, 6.07) is 15.1. The number of aliphatic hydroxyl groups excluding tert-OH is 1. The van der Waals surface area contributed by atoms with Crippen molar-refractivity contribution in [2.45, 2.75) is 6.92 Å². The lowest BCUT2D eigenvalue weighted by Gasteiger charge is -2.11. The molecule has 2 aromatic rings. The van der Waals surface area contributed by atoms with Gasteiger partial charge >= 0.3 is 5.97 Å². The van der Waals surface area contributed by atoms with Crippen LogP contribution in [0.5, 0.6) is 5.75 Å². The number of thioether (sulfide) groups is 1. The minimum absolute atomic E-state index is 0.0592. The number of benzene rings is 2. The number of hydrogen-bond acceptors (Lipinski definition) is 7. The number of carbonyl (C=O) groups is 1. The smallest absolute Gasteiger partial charge is 0.344 e. The predicted octanol–water partition coefficient (Wildman–Crippen LogP) is 4.95. The Hall–Kier alpha value is -3.19. The fraction of sp³-hybridized carbons (Fsp3) is 0.217. The molecule has 2 aromatic carbocycles. The first-order valence-corrected chi connectivity index (χ1v) is 10.3. The van der Waals surface area contributed by atoms with Crippen molar-refractivity contribution in [1.29, 1.82) is 0 Å². The average molecular weight is 425 g/mol. The number of carbonyl (C=O) groups excluding carboxylic acids is 1. The molecule has 0 amide bonds. The highest BCUT2D eigenvalue weighted by molar-refractivity contribution is 8.18. The van der Waals surface area contributed by atoms with Gasteiger partial charge in [-0.15, -0.1) is 0 Å². The summed E-state index contributed by atoms with van der Waals surface area (Å²) in [6.07, 6.45) is 1.82. The predicted molar refractivity (Wildman–Crippen MR) is 123 cm³/mol. The van der Waals surface area contributed by atoms with Crippen molar-refractivity contribution in [1.82, 2.24) is 0 Å². The molecular weight excluding hydrogens is 400 g/mol. The third-order valence-electron chi connectivity index (χ3n) is 4.38. The maximum Gasteiger partial charge on any atom is 0.344 e. The summed E-state index contributed by atoms with van der Waals surface area (Å²) in [4.78, 5) is 19.7. The molecule has 7 heteroatoms. The molecule has 30 heavy (non-hydrogen) atoms. The zero-order valence-corrected chi connectivity index (χ0v) is 18.2. The molecule has 0 unspecified atom stereocenters. The van der Waals surface area contributed by atoms with E-state index in [0.717, 1.165) is 11.3 Å². The van der Waals surface area contributed by atoms with Crippen molar-refractivity contribution in [3.63, 3.8) is 0 Å². The highest BCUT2D eigenvalue weighted by atomic mass is 32.2. The molecule has 1 aliphatic rings. The van der Waals surface area contributed by atoms with Crippen molar-refractivity contribution in [2.75, 3.05) is 32.7 Å². The number of nitrogens with zero attached hydrogens (tertiary/aromatic N) is 2. The van der Waals surface area contributed by atoms with E-state index in [1.54, 1.807) is 26.2 Å². The van der Waals surface area contributed by atoms with Crippen LogP contribution in [0.1, 0.15) is 12.5 Å². The standard InChI is InChI=1S/C23H24N2O4S/c1-5-29-23(27)20-21(26)19(14-15-10-12-16(13-11-15)25(2)3)30-22(20)24-17-8-6-7-9-18(17)28-4/h6-14,26H,5H2,1-4H3/b19-14+,24-22?. The highest BCUT2D eigenvalue weighted by Crippen LogP contribution is 2.41. The number of ether oxygens (including phenoxy) is 2. The highest BCUT2D eigenvalue weighted by Gasteiger charge is 2.33. The number of para-hydroxylation sites is 2. The van der Waals surface area contributed by atoms with Gasteiger partial charge in [0, 0.05) is 19.8 Å². The molecule has 1 heterocycles. The molecule has 0 atom stereocenters. The van der Waals surface area contributed by atoms with Gasteiger partial charge in [0.25, 0.3) is 0 Å². The van der Waals surface area contributed by atoms with Crippen LogP contribution in [0, 0.1) is 0 Å². The largest absolute Gasteiger partial charge is 0.506 e. The van der Waals surface area contributed by atoms with Gasteiger partial charge in [-0.05, 0) is 42.8 Å². The van der Waals surface area contributed by atoms with E-state index in [9.17, 15) is 9.90 Å². The number of rotatable bonds is 6. The first-order valence-electron chi connectivity index (χ1n) is 9.44. The van der Waals surface area contributed by atoms with Gasteiger partial charge < -0.3 is 19.5 Å². The topological polar surface area (TPSA) is 71.4 Å². The van der Waals surface area contributed by atoms with Crippen molar-refractivity contribution < 1.29 is 19.4 Å². The minimum Gasteiger partial charge on any atom is -0.506 e. The van der Waals surface area contributed by atoms with E-state index in [0.29, 0.717) is 21.4 Å². The molecule has 0 saturated heterocycles. The van der Waals surface area contributed by atoms with Gasteiger partial charge in [-0.25, -0.2) is 9.79 Å². The van der Waals surface area contributed by atoms with Crippen LogP contribution in [0.15, 0.2) is 69.8 Å². The summed E-state index contributed by atoms with van der Waals surface area (Å²) in [5.74, 6) is -0.170. The number of methoxy groups -OCH3 is 1. The third-order valence-corrected chi connectivity index (χ3v) is 5.40. The molecule has 0 aromatic heterocycles. The summed E-state index contributed by atoms with van der Waals surface area (Å²) in [5, 5.41) is 11.2. The lowest BCUT2D eigenvalue weighted by Crippen LogP contribution is -2.12. The van der Waals surface area contributed by atoms with Crippen LogP contribution in [0.4, 0.5) is 11.4 Å². The minimum atomic E-state index is -0.609. The summed E-state index contributed by atoms with van der Waals surface area (Å²) in [5.41, 5.74) is 2.59. The third kappa shape index (κ3) is 4.68. The summed E-state index contributed by atoms with van der Waals surface area (Å²) >= 11 is 1.22. The Labute approximate surface area is 180 Å². The molecule has 0 saturated carbocycles. The van der Waals surface area contributed by atoms with Crippen LogP contribution < -0.4 is 9.64 Å². The van der Waals surface area contributed by atoms with E-state index >= 15 is 0 Å². The normalized spacial score (nSPS) is 16.3. The SMILES string of the molecule is CCOC(=O)C1=C(O)/C(=C\c2ccc(N(C)C)cc2)SC1=Nc1ccccc1OC. The fourth-order valence-electron chi connectivity index (χ4n) is 2.84. The van der Waals surface area contributed by atoms with E-state index in [4.69, 9.17) is 9.47 Å². The first-order chi connectivity index (χ1) is 14.4. The van der Waals surface area contributed by atoms with Crippen molar-refractivity contribution in [3.05, 3.63) is 70.3 Å². The quantitative estimate of drug-likeness (QED) is 0.662. The average Bonchev–Trinajstić information content (AvgIpc) is 3.03. The molecule has 1 aliphatic heterocycles. The van der Waals surface area contributed by atoms with Gasteiger partial charge in [0.15, 0.2) is 0 Å². The van der Waals surface area contributed by atoms with Crippen molar-refractivity contribution in [2.24, 2.45) is 4.99 Å². The van der Waals surface area contributed by atoms with Gasteiger partial charge in [0.2, 0.25) is 0 Å². The summed E-state index contributed by atoms with van der Waals surface area (Å²) in [6.45, 7) is 1.92. The van der Waals surface area contributed by atoms with Gasteiger partial charge in [-0.3, -0.25) is 0 Å². The monoisotopic (exact) mass is 424 g/mol. The lowest BCUT2D eigenvalue weighted by atomic mass is 10.1. The number of esters is 1. The Bertz CT molecular complexity index is 1020. The lowest BCUT2D eigenvalue weighted by molar-refractivity contribution is -0.138. The van der Waals surface area contributed by atoms with E-state index in [1.165, 1.54) is 11.8 Å². The van der Waals surface area contributed by atoms with Gasteiger partial charge in [0.05, 0.1) is 18.6 Å². The Kier molecular flexibility index (Phi) is 6.84. The Morgan fingerprint density at radius 3 is 2.50 bits per heavy atom. The Balaban J connectivity index is 2.03. The first kappa shape index (κ1) is 21.5. The van der Waals surface area contributed by atoms with Crippen LogP contribution in [0.3, 0.4) is 0 Å². The fourth-order valence-corrected chi connectivity index (χ4v) is 3.87. The second kappa shape index (κ2) is 9.54. The summed E-state index contributed by atoms with van der Waals surface area (Å²) < 4.78 is 10.5. The molecule has 0 spiro atoms. The number of aliphatic hydroxyl groups is 1. The van der Waals surface area contributed by atoms with Crippen LogP contribution in [-0.4, -0.2) is 43.9 Å². The van der Waals surface area contributed by atoms with Crippen molar-refractivity contribution in [3.8, 4) is 5.75 Å². The summed E-state index contributed by atoms with van der Waals surface area (Å²) in [7, 11) is 5.51.